The van der Waals surface area contributed by atoms with Gasteiger partial charge in [-0.3, -0.25) is 14.4 Å². The summed E-state index contributed by atoms with van der Waals surface area (Å²) in [5.74, 6) is -0.0561. The van der Waals surface area contributed by atoms with E-state index in [1.165, 1.54) is 5.56 Å². The van der Waals surface area contributed by atoms with Crippen LogP contribution in [0.2, 0.25) is 0 Å². The van der Waals surface area contributed by atoms with Crippen LogP contribution in [0.15, 0.2) is 42.7 Å². The smallest absolute Gasteiger partial charge is 0.254 e. The second-order valence-electron chi connectivity index (χ2n) is 5.76. The lowest BCUT2D eigenvalue weighted by Crippen LogP contribution is -2.46. The van der Waals surface area contributed by atoms with Crippen molar-refractivity contribution in [3.8, 4) is 0 Å². The molecule has 0 atom stereocenters. The minimum Gasteiger partial charge on any atom is -0.351 e. The maximum atomic E-state index is 12.2. The number of carbonyl (C=O) groups is 1. The van der Waals surface area contributed by atoms with E-state index < -0.39 is 0 Å². The zero-order chi connectivity index (χ0) is 15.9. The Labute approximate surface area is 136 Å². The quantitative estimate of drug-likeness (QED) is 0.818. The van der Waals surface area contributed by atoms with Gasteiger partial charge in [0.05, 0.1) is 18.3 Å². The third-order valence-electron chi connectivity index (χ3n) is 4.01. The van der Waals surface area contributed by atoms with Crippen molar-refractivity contribution >= 4 is 5.91 Å². The van der Waals surface area contributed by atoms with Gasteiger partial charge in [0.2, 0.25) is 0 Å². The lowest BCUT2D eigenvalue weighted by molar-refractivity contribution is 0.0947. The van der Waals surface area contributed by atoms with Gasteiger partial charge in [-0.25, -0.2) is 0 Å². The highest BCUT2D eigenvalue weighted by atomic mass is 16.1. The molecular weight excluding hydrogens is 290 g/mol. The van der Waals surface area contributed by atoms with E-state index in [0.29, 0.717) is 18.7 Å². The Balaban J connectivity index is 1.46. The lowest BCUT2D eigenvalue weighted by Gasteiger charge is -2.26. The van der Waals surface area contributed by atoms with E-state index in [-0.39, 0.29) is 5.91 Å². The highest BCUT2D eigenvalue weighted by Crippen LogP contribution is 2.04. The van der Waals surface area contributed by atoms with E-state index in [0.717, 1.165) is 32.7 Å². The standard InChI is InChI=1S/C17H23N5O/c23-17(19-8-11-21-9-6-18-7-10-21)16-12-20-22(14-16)13-15-4-2-1-3-5-15/h1-5,12,14,18H,6-11,13H2,(H,19,23). The molecule has 0 bridgehead atoms. The molecule has 0 spiro atoms. The van der Waals surface area contributed by atoms with Crippen LogP contribution in [0.25, 0.3) is 0 Å². The van der Waals surface area contributed by atoms with Crippen LogP contribution in [-0.2, 0) is 6.54 Å². The van der Waals surface area contributed by atoms with Crippen molar-refractivity contribution in [3.63, 3.8) is 0 Å². The Morgan fingerprint density at radius 1 is 1.22 bits per heavy atom. The third kappa shape index (κ3) is 4.64. The zero-order valence-electron chi connectivity index (χ0n) is 13.2. The second-order valence-corrected chi connectivity index (χ2v) is 5.76. The molecule has 2 N–H and O–H groups in total. The van der Waals surface area contributed by atoms with E-state index >= 15 is 0 Å². The van der Waals surface area contributed by atoms with E-state index in [1.54, 1.807) is 17.1 Å². The van der Waals surface area contributed by atoms with Crippen LogP contribution in [0.3, 0.4) is 0 Å². The molecule has 2 heterocycles. The number of aromatic nitrogens is 2. The van der Waals surface area contributed by atoms with Gasteiger partial charge in [0, 0.05) is 45.5 Å². The molecule has 23 heavy (non-hydrogen) atoms. The first kappa shape index (κ1) is 15.7. The van der Waals surface area contributed by atoms with Crippen molar-refractivity contribution in [1.29, 1.82) is 0 Å². The molecule has 122 valence electrons. The van der Waals surface area contributed by atoms with Crippen LogP contribution >= 0.6 is 0 Å². The number of amides is 1. The van der Waals surface area contributed by atoms with E-state index in [9.17, 15) is 4.79 Å². The Morgan fingerprint density at radius 3 is 2.78 bits per heavy atom. The van der Waals surface area contributed by atoms with Crippen molar-refractivity contribution in [2.75, 3.05) is 39.3 Å². The number of nitrogens with one attached hydrogen (secondary N) is 2. The predicted octanol–water partition coefficient (Wildman–Crippen LogP) is 0.566. The molecule has 0 unspecified atom stereocenters. The second kappa shape index (κ2) is 7.89. The van der Waals surface area contributed by atoms with Gasteiger partial charge in [0.1, 0.15) is 0 Å². The number of hydrogen-bond acceptors (Lipinski definition) is 4. The van der Waals surface area contributed by atoms with Gasteiger partial charge in [-0.1, -0.05) is 30.3 Å². The van der Waals surface area contributed by atoms with Crippen LogP contribution in [0, 0.1) is 0 Å². The molecule has 0 radical (unpaired) electrons. The van der Waals surface area contributed by atoms with Crippen molar-refractivity contribution in [2.45, 2.75) is 6.54 Å². The highest BCUT2D eigenvalue weighted by Gasteiger charge is 2.11. The average molecular weight is 313 g/mol. The molecule has 0 aliphatic carbocycles. The Bertz CT molecular complexity index is 619. The maximum Gasteiger partial charge on any atom is 0.254 e. The summed E-state index contributed by atoms with van der Waals surface area (Å²) in [6.45, 7) is 6.39. The SMILES string of the molecule is O=C(NCCN1CCNCC1)c1cnn(Cc2ccccc2)c1. The lowest BCUT2D eigenvalue weighted by atomic mass is 10.2. The molecule has 1 fully saturated rings. The fourth-order valence-corrected chi connectivity index (χ4v) is 2.70. The van der Waals surface area contributed by atoms with Crippen LogP contribution in [0.1, 0.15) is 15.9 Å². The first-order valence-corrected chi connectivity index (χ1v) is 8.09. The van der Waals surface area contributed by atoms with E-state index in [2.05, 4.69) is 32.8 Å². The Hall–Kier alpha value is -2.18. The molecule has 1 aromatic heterocycles. The molecule has 1 aliphatic rings. The molecule has 1 amide bonds. The maximum absolute atomic E-state index is 12.2. The van der Waals surface area contributed by atoms with Gasteiger partial charge in [0.15, 0.2) is 0 Å². The van der Waals surface area contributed by atoms with E-state index in [4.69, 9.17) is 0 Å². The number of piperazine rings is 1. The summed E-state index contributed by atoms with van der Waals surface area (Å²) in [6, 6.07) is 10.1. The topological polar surface area (TPSA) is 62.2 Å². The van der Waals surface area contributed by atoms with Crippen molar-refractivity contribution in [3.05, 3.63) is 53.9 Å². The van der Waals surface area contributed by atoms with Gasteiger partial charge in [-0.05, 0) is 5.56 Å². The molecular formula is C17H23N5O. The van der Waals surface area contributed by atoms with Crippen LogP contribution in [0.5, 0.6) is 0 Å². The van der Waals surface area contributed by atoms with Gasteiger partial charge in [-0.15, -0.1) is 0 Å². The minimum absolute atomic E-state index is 0.0561. The molecule has 1 aromatic carbocycles. The molecule has 0 saturated carbocycles. The summed E-state index contributed by atoms with van der Waals surface area (Å²) in [5, 5.41) is 10.6. The Kier molecular flexibility index (Phi) is 5.39. The molecule has 6 heteroatoms. The largest absolute Gasteiger partial charge is 0.351 e. The summed E-state index contributed by atoms with van der Waals surface area (Å²) in [7, 11) is 0. The number of nitrogens with zero attached hydrogens (tertiary/aromatic N) is 3. The fraction of sp³-hybridized carbons (Fsp3) is 0.412. The van der Waals surface area contributed by atoms with Gasteiger partial charge >= 0.3 is 0 Å². The highest BCUT2D eigenvalue weighted by molar-refractivity contribution is 5.93. The summed E-state index contributed by atoms with van der Waals surface area (Å²) in [6.07, 6.45) is 3.43. The van der Waals surface area contributed by atoms with Gasteiger partial charge in [0.25, 0.3) is 5.91 Å². The zero-order valence-corrected chi connectivity index (χ0v) is 13.2. The van der Waals surface area contributed by atoms with Crippen molar-refractivity contribution in [1.82, 2.24) is 25.3 Å². The summed E-state index contributed by atoms with van der Waals surface area (Å²) in [4.78, 5) is 14.5. The minimum atomic E-state index is -0.0561. The molecule has 1 aliphatic heterocycles. The normalized spacial score (nSPS) is 15.5. The van der Waals surface area contributed by atoms with Crippen LogP contribution in [0.4, 0.5) is 0 Å². The van der Waals surface area contributed by atoms with Gasteiger partial charge in [-0.2, -0.15) is 5.10 Å². The Morgan fingerprint density at radius 2 is 2.00 bits per heavy atom. The van der Waals surface area contributed by atoms with Crippen LogP contribution in [-0.4, -0.2) is 59.9 Å². The summed E-state index contributed by atoms with van der Waals surface area (Å²) >= 11 is 0. The number of benzene rings is 1. The molecule has 6 nitrogen and oxygen atoms in total. The first-order valence-electron chi connectivity index (χ1n) is 8.09. The van der Waals surface area contributed by atoms with Gasteiger partial charge < -0.3 is 10.6 Å². The van der Waals surface area contributed by atoms with Crippen LogP contribution < -0.4 is 10.6 Å². The molecule has 3 rings (SSSR count). The number of hydrogen-bond donors (Lipinski definition) is 2. The fourth-order valence-electron chi connectivity index (χ4n) is 2.70. The first-order chi connectivity index (χ1) is 11.3. The average Bonchev–Trinajstić information content (AvgIpc) is 3.05. The summed E-state index contributed by atoms with van der Waals surface area (Å²) < 4.78 is 1.79. The number of rotatable bonds is 6. The van der Waals surface area contributed by atoms with Crippen molar-refractivity contribution in [2.24, 2.45) is 0 Å². The predicted molar refractivity (Wildman–Crippen MR) is 89.4 cm³/mol. The molecule has 2 aromatic rings. The summed E-state index contributed by atoms with van der Waals surface area (Å²) in [5.41, 5.74) is 1.78. The molecule has 1 saturated heterocycles. The third-order valence-corrected chi connectivity index (χ3v) is 4.01. The number of carbonyl (C=O) groups excluding carboxylic acids is 1. The van der Waals surface area contributed by atoms with Crippen molar-refractivity contribution < 1.29 is 4.79 Å². The van der Waals surface area contributed by atoms with E-state index in [1.807, 2.05) is 18.2 Å². The monoisotopic (exact) mass is 313 g/mol.